The highest BCUT2D eigenvalue weighted by Crippen LogP contribution is 2.11. The van der Waals surface area contributed by atoms with Crippen LogP contribution in [0, 0.1) is 6.92 Å². The van der Waals surface area contributed by atoms with Crippen LogP contribution in [0.4, 0.5) is 10.9 Å². The standard InChI is InChI=1S/C9H10N6OS/c1-5-13-9(17-15-5)14-8(16)6-3-12-7(10-2)4-11-6/h3-4H,1-2H3,(H,10,12)(H,13,14,15,16). The van der Waals surface area contributed by atoms with Crippen molar-refractivity contribution in [2.75, 3.05) is 17.7 Å². The van der Waals surface area contributed by atoms with Gasteiger partial charge in [-0.05, 0) is 6.92 Å². The molecular formula is C9H10N6OS. The molecular weight excluding hydrogens is 240 g/mol. The van der Waals surface area contributed by atoms with Gasteiger partial charge in [0.1, 0.15) is 17.3 Å². The molecule has 0 atom stereocenters. The first-order valence-corrected chi connectivity index (χ1v) is 5.58. The van der Waals surface area contributed by atoms with Crippen molar-refractivity contribution in [1.82, 2.24) is 19.3 Å². The average molecular weight is 250 g/mol. The van der Waals surface area contributed by atoms with Crippen molar-refractivity contribution >= 4 is 28.4 Å². The van der Waals surface area contributed by atoms with E-state index in [1.165, 1.54) is 12.4 Å². The largest absolute Gasteiger partial charge is 0.372 e. The van der Waals surface area contributed by atoms with Gasteiger partial charge in [-0.1, -0.05) is 0 Å². The molecule has 0 saturated heterocycles. The summed E-state index contributed by atoms with van der Waals surface area (Å²) >= 11 is 1.13. The lowest BCUT2D eigenvalue weighted by atomic mass is 10.4. The van der Waals surface area contributed by atoms with Crippen LogP contribution in [0.2, 0.25) is 0 Å². The zero-order chi connectivity index (χ0) is 12.3. The number of carbonyl (C=O) groups excluding carboxylic acids is 1. The van der Waals surface area contributed by atoms with Crippen LogP contribution >= 0.6 is 11.5 Å². The molecule has 0 spiro atoms. The number of nitrogens with zero attached hydrogens (tertiary/aromatic N) is 4. The maximum atomic E-state index is 11.7. The molecule has 17 heavy (non-hydrogen) atoms. The Bertz CT molecular complexity index is 523. The number of aryl methyl sites for hydroxylation is 1. The Labute approximate surface area is 102 Å². The summed E-state index contributed by atoms with van der Waals surface area (Å²) in [5.74, 6) is 0.881. The summed E-state index contributed by atoms with van der Waals surface area (Å²) in [6.45, 7) is 1.76. The fourth-order valence-corrected chi connectivity index (χ4v) is 1.65. The van der Waals surface area contributed by atoms with Gasteiger partial charge in [0.15, 0.2) is 0 Å². The molecule has 0 aromatic carbocycles. The molecule has 0 aliphatic rings. The van der Waals surface area contributed by atoms with Crippen molar-refractivity contribution in [3.8, 4) is 0 Å². The fourth-order valence-electron chi connectivity index (χ4n) is 1.08. The summed E-state index contributed by atoms with van der Waals surface area (Å²) in [5, 5.41) is 5.87. The maximum Gasteiger partial charge on any atom is 0.277 e. The minimum absolute atomic E-state index is 0.233. The Morgan fingerprint density at radius 3 is 2.71 bits per heavy atom. The zero-order valence-electron chi connectivity index (χ0n) is 9.26. The number of nitrogens with one attached hydrogen (secondary N) is 2. The first-order chi connectivity index (χ1) is 8.19. The van der Waals surface area contributed by atoms with Gasteiger partial charge in [-0.2, -0.15) is 4.37 Å². The van der Waals surface area contributed by atoms with Gasteiger partial charge >= 0.3 is 0 Å². The summed E-state index contributed by atoms with van der Waals surface area (Å²) in [4.78, 5) is 23.7. The molecule has 88 valence electrons. The Balaban J connectivity index is 2.09. The number of rotatable bonds is 3. The predicted molar refractivity (Wildman–Crippen MR) is 64.2 cm³/mol. The van der Waals surface area contributed by atoms with Gasteiger partial charge in [0.2, 0.25) is 5.13 Å². The third kappa shape index (κ3) is 2.72. The second-order valence-corrected chi connectivity index (χ2v) is 3.89. The Hall–Kier alpha value is -2.09. The van der Waals surface area contributed by atoms with Crippen molar-refractivity contribution in [3.05, 3.63) is 23.9 Å². The first-order valence-electron chi connectivity index (χ1n) is 4.80. The highest BCUT2D eigenvalue weighted by atomic mass is 32.1. The van der Waals surface area contributed by atoms with E-state index in [1.807, 2.05) is 0 Å². The van der Waals surface area contributed by atoms with Crippen LogP contribution in [0.5, 0.6) is 0 Å². The summed E-state index contributed by atoms with van der Waals surface area (Å²) in [6, 6.07) is 0. The van der Waals surface area contributed by atoms with E-state index in [4.69, 9.17) is 0 Å². The SMILES string of the molecule is CNc1cnc(C(=O)Nc2nc(C)ns2)cn1. The van der Waals surface area contributed by atoms with Crippen molar-refractivity contribution in [2.45, 2.75) is 6.92 Å². The van der Waals surface area contributed by atoms with Crippen LogP contribution < -0.4 is 10.6 Å². The molecule has 1 amide bonds. The molecule has 0 saturated carbocycles. The third-order valence-electron chi connectivity index (χ3n) is 1.89. The first kappa shape index (κ1) is 11.4. The average Bonchev–Trinajstić information content (AvgIpc) is 2.75. The van der Waals surface area contributed by atoms with Crippen LogP contribution in [-0.2, 0) is 0 Å². The lowest BCUT2D eigenvalue weighted by Crippen LogP contribution is -2.14. The van der Waals surface area contributed by atoms with E-state index >= 15 is 0 Å². The Morgan fingerprint density at radius 1 is 1.35 bits per heavy atom. The molecule has 0 aliphatic heterocycles. The molecule has 2 heterocycles. The highest BCUT2D eigenvalue weighted by Gasteiger charge is 2.10. The van der Waals surface area contributed by atoms with E-state index < -0.39 is 0 Å². The lowest BCUT2D eigenvalue weighted by molar-refractivity contribution is 0.102. The summed E-state index contributed by atoms with van der Waals surface area (Å²) in [7, 11) is 1.73. The molecule has 2 rings (SSSR count). The van der Waals surface area contributed by atoms with Crippen LogP contribution in [0.1, 0.15) is 16.3 Å². The number of hydrogen-bond donors (Lipinski definition) is 2. The monoisotopic (exact) mass is 250 g/mol. The molecule has 0 bridgehead atoms. The number of carbonyl (C=O) groups is 1. The van der Waals surface area contributed by atoms with E-state index in [1.54, 1.807) is 14.0 Å². The molecule has 0 unspecified atom stereocenters. The Morgan fingerprint density at radius 2 is 2.18 bits per heavy atom. The number of aromatic nitrogens is 4. The smallest absolute Gasteiger partial charge is 0.277 e. The van der Waals surface area contributed by atoms with Gasteiger partial charge in [0, 0.05) is 18.6 Å². The van der Waals surface area contributed by atoms with E-state index in [0.29, 0.717) is 16.8 Å². The van der Waals surface area contributed by atoms with Crippen molar-refractivity contribution in [2.24, 2.45) is 0 Å². The van der Waals surface area contributed by atoms with E-state index in [-0.39, 0.29) is 11.6 Å². The minimum atomic E-state index is -0.351. The fraction of sp³-hybridized carbons (Fsp3) is 0.222. The Kier molecular flexibility index (Phi) is 3.24. The second-order valence-electron chi connectivity index (χ2n) is 3.14. The van der Waals surface area contributed by atoms with Crippen LogP contribution in [-0.4, -0.2) is 32.3 Å². The van der Waals surface area contributed by atoms with E-state index in [2.05, 4.69) is 30.0 Å². The van der Waals surface area contributed by atoms with Crippen molar-refractivity contribution in [1.29, 1.82) is 0 Å². The summed E-state index contributed by atoms with van der Waals surface area (Å²) in [5.41, 5.74) is 0.233. The second kappa shape index (κ2) is 4.83. The summed E-state index contributed by atoms with van der Waals surface area (Å²) < 4.78 is 3.96. The van der Waals surface area contributed by atoms with Crippen molar-refractivity contribution in [3.63, 3.8) is 0 Å². The van der Waals surface area contributed by atoms with Gasteiger partial charge in [0.05, 0.1) is 12.4 Å². The number of hydrogen-bond acceptors (Lipinski definition) is 7. The van der Waals surface area contributed by atoms with Gasteiger partial charge < -0.3 is 5.32 Å². The predicted octanol–water partition coefficient (Wildman–Crippen LogP) is 0.931. The molecule has 7 nitrogen and oxygen atoms in total. The molecule has 2 aromatic rings. The lowest BCUT2D eigenvalue weighted by Gasteiger charge is -2.01. The van der Waals surface area contributed by atoms with Gasteiger partial charge in [0.25, 0.3) is 5.91 Å². The number of anilines is 2. The minimum Gasteiger partial charge on any atom is -0.372 e. The molecule has 0 aliphatic carbocycles. The highest BCUT2D eigenvalue weighted by molar-refractivity contribution is 7.09. The maximum absolute atomic E-state index is 11.7. The summed E-state index contributed by atoms with van der Waals surface area (Å²) in [6.07, 6.45) is 2.88. The third-order valence-corrected chi connectivity index (χ3v) is 2.61. The van der Waals surface area contributed by atoms with Gasteiger partial charge in [-0.25, -0.2) is 15.0 Å². The quantitative estimate of drug-likeness (QED) is 0.841. The van der Waals surface area contributed by atoms with Crippen LogP contribution in [0.25, 0.3) is 0 Å². The molecule has 0 fully saturated rings. The van der Waals surface area contributed by atoms with Crippen LogP contribution in [0.3, 0.4) is 0 Å². The molecule has 2 aromatic heterocycles. The zero-order valence-corrected chi connectivity index (χ0v) is 10.1. The van der Waals surface area contributed by atoms with Crippen LogP contribution in [0.15, 0.2) is 12.4 Å². The van der Waals surface area contributed by atoms with Gasteiger partial charge in [-0.15, -0.1) is 0 Å². The van der Waals surface area contributed by atoms with E-state index in [0.717, 1.165) is 11.5 Å². The van der Waals surface area contributed by atoms with Gasteiger partial charge in [-0.3, -0.25) is 10.1 Å². The number of amides is 1. The normalized spacial score (nSPS) is 10.0. The topological polar surface area (TPSA) is 92.7 Å². The van der Waals surface area contributed by atoms with Crippen molar-refractivity contribution < 1.29 is 4.79 Å². The molecule has 2 N–H and O–H groups in total. The molecule has 0 radical (unpaired) electrons. The van der Waals surface area contributed by atoms with E-state index in [9.17, 15) is 4.79 Å². The molecule has 8 heteroatoms.